The lowest BCUT2D eigenvalue weighted by atomic mass is 10.3. The van der Waals surface area contributed by atoms with Crippen LogP contribution in [0.1, 0.15) is 0 Å². The molecule has 2 N–H and O–H groups in total. The maximum Gasteiger partial charge on any atom is 0.321 e. The number of carbonyl (C=O) groups is 1. The predicted molar refractivity (Wildman–Crippen MR) is 77.2 cm³/mol. The van der Waals surface area contributed by atoms with Crippen LogP contribution in [-0.4, -0.2) is 17.7 Å². The minimum absolute atomic E-state index is 0.0167. The molecule has 7 heteroatoms. The van der Waals surface area contributed by atoms with Crippen molar-refractivity contribution < 1.29 is 14.5 Å². The molecular formula is C14H13N3O4. The van der Waals surface area contributed by atoms with E-state index < -0.39 is 11.0 Å². The number of ether oxygens (including phenoxy) is 1. The van der Waals surface area contributed by atoms with Crippen LogP contribution in [0.2, 0.25) is 0 Å². The first-order valence-corrected chi connectivity index (χ1v) is 6.12. The lowest BCUT2D eigenvalue weighted by Gasteiger charge is -2.09. The summed E-state index contributed by atoms with van der Waals surface area (Å²) in [7, 11) is 0. The molecule has 0 aliphatic rings. The molecule has 0 spiro atoms. The number of carbonyl (C=O) groups excluding carboxylic acids is 1. The molecule has 0 fully saturated rings. The second-order valence-electron chi connectivity index (χ2n) is 4.04. The standard InChI is InChI=1S/C14H13N3O4/c18-14(15-10-21-13-4-2-1-3-5-13)16-11-6-8-12(9-7-11)17(19)20/h1-9H,10H2,(H2,15,16,18). The van der Waals surface area contributed by atoms with E-state index in [0.717, 1.165) is 0 Å². The Morgan fingerprint density at radius 1 is 1.10 bits per heavy atom. The molecule has 0 heterocycles. The van der Waals surface area contributed by atoms with Gasteiger partial charge in [0.15, 0.2) is 6.73 Å². The van der Waals surface area contributed by atoms with Gasteiger partial charge in [-0.2, -0.15) is 0 Å². The van der Waals surface area contributed by atoms with Gasteiger partial charge in [0.25, 0.3) is 5.69 Å². The van der Waals surface area contributed by atoms with Crippen LogP contribution in [0, 0.1) is 10.1 Å². The number of para-hydroxylation sites is 1. The molecule has 0 aromatic heterocycles. The Morgan fingerprint density at radius 3 is 2.38 bits per heavy atom. The highest BCUT2D eigenvalue weighted by Gasteiger charge is 2.06. The molecule has 108 valence electrons. The van der Waals surface area contributed by atoms with Crippen LogP contribution >= 0.6 is 0 Å². The first-order valence-electron chi connectivity index (χ1n) is 6.12. The number of rotatable bonds is 5. The minimum Gasteiger partial charge on any atom is -0.473 e. The third-order valence-electron chi connectivity index (χ3n) is 2.55. The summed E-state index contributed by atoms with van der Waals surface area (Å²) in [5.74, 6) is 0.646. The van der Waals surface area contributed by atoms with E-state index in [2.05, 4.69) is 10.6 Å². The quantitative estimate of drug-likeness (QED) is 0.502. The maximum atomic E-state index is 11.6. The van der Waals surface area contributed by atoms with Gasteiger partial charge in [0.05, 0.1) is 4.92 Å². The maximum absolute atomic E-state index is 11.6. The molecule has 2 aromatic carbocycles. The Kier molecular flexibility index (Phi) is 4.70. The van der Waals surface area contributed by atoms with Gasteiger partial charge >= 0.3 is 6.03 Å². The molecule has 2 rings (SSSR count). The first-order chi connectivity index (χ1) is 10.1. The van der Waals surface area contributed by atoms with E-state index in [4.69, 9.17) is 4.74 Å². The Balaban J connectivity index is 1.78. The van der Waals surface area contributed by atoms with Gasteiger partial charge in [-0.05, 0) is 24.3 Å². The lowest BCUT2D eigenvalue weighted by molar-refractivity contribution is -0.384. The van der Waals surface area contributed by atoms with Crippen molar-refractivity contribution in [2.24, 2.45) is 0 Å². The molecule has 0 atom stereocenters. The summed E-state index contributed by atoms with van der Waals surface area (Å²) in [5, 5.41) is 15.6. The molecule has 0 radical (unpaired) electrons. The van der Waals surface area contributed by atoms with Gasteiger partial charge in [0, 0.05) is 17.8 Å². The van der Waals surface area contributed by atoms with Gasteiger partial charge in [-0.1, -0.05) is 18.2 Å². The zero-order valence-corrected chi connectivity index (χ0v) is 11.0. The van der Waals surface area contributed by atoms with Crippen LogP contribution in [0.25, 0.3) is 0 Å². The van der Waals surface area contributed by atoms with E-state index in [1.165, 1.54) is 24.3 Å². The van der Waals surface area contributed by atoms with Gasteiger partial charge in [-0.25, -0.2) is 4.79 Å². The summed E-state index contributed by atoms with van der Waals surface area (Å²) in [6.45, 7) is 0.0167. The second-order valence-corrected chi connectivity index (χ2v) is 4.04. The zero-order chi connectivity index (χ0) is 15.1. The Labute approximate surface area is 120 Å². The molecular weight excluding hydrogens is 274 g/mol. The van der Waals surface area contributed by atoms with Crippen molar-refractivity contribution in [1.82, 2.24) is 5.32 Å². The number of anilines is 1. The van der Waals surface area contributed by atoms with E-state index in [0.29, 0.717) is 11.4 Å². The van der Waals surface area contributed by atoms with Crippen LogP contribution in [0.4, 0.5) is 16.2 Å². The highest BCUT2D eigenvalue weighted by molar-refractivity contribution is 5.89. The molecule has 0 saturated heterocycles. The third kappa shape index (κ3) is 4.50. The number of nitrogens with one attached hydrogen (secondary N) is 2. The predicted octanol–water partition coefficient (Wildman–Crippen LogP) is 2.75. The van der Waals surface area contributed by atoms with Crippen LogP contribution in [0.3, 0.4) is 0 Å². The third-order valence-corrected chi connectivity index (χ3v) is 2.55. The van der Waals surface area contributed by atoms with Crippen LogP contribution < -0.4 is 15.4 Å². The molecule has 7 nitrogen and oxygen atoms in total. The average molecular weight is 287 g/mol. The lowest BCUT2D eigenvalue weighted by Crippen LogP contribution is -2.31. The van der Waals surface area contributed by atoms with Gasteiger partial charge in [0.1, 0.15) is 5.75 Å². The summed E-state index contributed by atoms with van der Waals surface area (Å²) in [6, 6.07) is 14.1. The number of urea groups is 1. The van der Waals surface area contributed by atoms with Crippen molar-refractivity contribution in [1.29, 1.82) is 0 Å². The Hall–Kier alpha value is -3.09. The summed E-state index contributed by atoms with van der Waals surface area (Å²) in [6.07, 6.45) is 0. The molecule has 0 bridgehead atoms. The number of amides is 2. The van der Waals surface area contributed by atoms with Crippen LogP contribution in [-0.2, 0) is 0 Å². The van der Waals surface area contributed by atoms with E-state index >= 15 is 0 Å². The Bertz CT molecular complexity index is 614. The topological polar surface area (TPSA) is 93.5 Å². The summed E-state index contributed by atoms with van der Waals surface area (Å²) < 4.78 is 5.30. The van der Waals surface area contributed by atoms with Crippen molar-refractivity contribution in [3.63, 3.8) is 0 Å². The summed E-state index contributed by atoms with van der Waals surface area (Å²) in [4.78, 5) is 21.6. The molecule has 2 amide bonds. The highest BCUT2D eigenvalue weighted by atomic mass is 16.6. The van der Waals surface area contributed by atoms with E-state index in [1.54, 1.807) is 12.1 Å². The van der Waals surface area contributed by atoms with Gasteiger partial charge in [0.2, 0.25) is 0 Å². The number of hydrogen-bond donors (Lipinski definition) is 2. The SMILES string of the molecule is O=C(NCOc1ccccc1)Nc1ccc([N+](=O)[O-])cc1. The van der Waals surface area contributed by atoms with Crippen molar-refractivity contribution in [3.8, 4) is 5.75 Å². The first kappa shape index (κ1) is 14.3. The monoisotopic (exact) mass is 287 g/mol. The zero-order valence-electron chi connectivity index (χ0n) is 11.0. The van der Waals surface area contributed by atoms with E-state index in [-0.39, 0.29) is 12.4 Å². The van der Waals surface area contributed by atoms with Crippen LogP contribution in [0.5, 0.6) is 5.75 Å². The fourth-order valence-electron chi connectivity index (χ4n) is 1.54. The molecule has 21 heavy (non-hydrogen) atoms. The number of benzene rings is 2. The second kappa shape index (κ2) is 6.90. The normalized spacial score (nSPS) is 9.71. The Morgan fingerprint density at radius 2 is 1.76 bits per heavy atom. The minimum atomic E-state index is -0.502. The van der Waals surface area contributed by atoms with E-state index in [9.17, 15) is 14.9 Å². The summed E-state index contributed by atoms with van der Waals surface area (Å²) in [5.41, 5.74) is 0.422. The van der Waals surface area contributed by atoms with Gasteiger partial charge < -0.3 is 15.4 Å². The largest absolute Gasteiger partial charge is 0.473 e. The molecule has 0 saturated carbocycles. The van der Waals surface area contributed by atoms with Crippen molar-refractivity contribution in [2.75, 3.05) is 12.0 Å². The number of non-ortho nitro benzene ring substituents is 1. The van der Waals surface area contributed by atoms with Crippen molar-refractivity contribution >= 4 is 17.4 Å². The summed E-state index contributed by atoms with van der Waals surface area (Å²) >= 11 is 0. The van der Waals surface area contributed by atoms with Gasteiger partial charge in [-0.3, -0.25) is 10.1 Å². The molecule has 0 aliphatic heterocycles. The number of nitro benzene ring substituents is 1. The number of hydrogen-bond acceptors (Lipinski definition) is 4. The van der Waals surface area contributed by atoms with Crippen LogP contribution in [0.15, 0.2) is 54.6 Å². The molecule has 0 unspecified atom stereocenters. The fourth-order valence-corrected chi connectivity index (χ4v) is 1.54. The number of nitrogens with zero attached hydrogens (tertiary/aromatic N) is 1. The molecule has 2 aromatic rings. The number of nitro groups is 1. The average Bonchev–Trinajstić information content (AvgIpc) is 2.49. The molecule has 0 aliphatic carbocycles. The fraction of sp³-hybridized carbons (Fsp3) is 0.0714. The van der Waals surface area contributed by atoms with Crippen molar-refractivity contribution in [3.05, 3.63) is 64.7 Å². The smallest absolute Gasteiger partial charge is 0.321 e. The highest BCUT2D eigenvalue weighted by Crippen LogP contribution is 2.15. The van der Waals surface area contributed by atoms with Crippen molar-refractivity contribution in [2.45, 2.75) is 0 Å². The van der Waals surface area contributed by atoms with E-state index in [1.807, 2.05) is 18.2 Å². The van der Waals surface area contributed by atoms with Gasteiger partial charge in [-0.15, -0.1) is 0 Å².